The summed E-state index contributed by atoms with van der Waals surface area (Å²) in [5, 5.41) is 0. The van der Waals surface area contributed by atoms with Gasteiger partial charge in [-0.15, -0.1) is 0 Å². The Morgan fingerprint density at radius 1 is 0.692 bits per heavy atom. The molecule has 0 bridgehead atoms. The lowest BCUT2D eigenvalue weighted by molar-refractivity contribution is 0.0734. The molecule has 0 atom stereocenters. The minimum Gasteiger partial charge on any atom is -0.494 e. The van der Waals surface area contributed by atoms with Gasteiger partial charge in [-0.25, -0.2) is 4.79 Å². The van der Waals surface area contributed by atoms with Gasteiger partial charge in [0.05, 0.1) is 18.8 Å². The van der Waals surface area contributed by atoms with Crippen molar-refractivity contribution in [1.29, 1.82) is 0 Å². The molecule has 4 nitrogen and oxygen atoms in total. The first-order valence-corrected chi connectivity index (χ1v) is 9.40. The standard InChI is InChI=1S/C22H28O4/c1-3-5-6-7-17-25-19-10-8-18(9-11-19)22(23)26-21-14-12-20(13-15-21)24-16-4-2/h8-15H,3-7,16-17H2,1-2H3. The summed E-state index contributed by atoms with van der Waals surface area (Å²) in [5.74, 6) is 1.65. The Morgan fingerprint density at radius 3 is 1.88 bits per heavy atom. The van der Waals surface area contributed by atoms with Crippen LogP contribution in [-0.2, 0) is 0 Å². The quantitative estimate of drug-likeness (QED) is 0.296. The summed E-state index contributed by atoms with van der Waals surface area (Å²) in [4.78, 5) is 12.2. The topological polar surface area (TPSA) is 44.8 Å². The normalized spacial score (nSPS) is 10.4. The highest BCUT2D eigenvalue weighted by Crippen LogP contribution is 2.20. The van der Waals surface area contributed by atoms with Crippen molar-refractivity contribution in [1.82, 2.24) is 0 Å². The lowest BCUT2D eigenvalue weighted by Gasteiger charge is -2.08. The SMILES string of the molecule is CCCCCCOc1ccc(C(=O)Oc2ccc(OCCC)cc2)cc1. The smallest absolute Gasteiger partial charge is 0.343 e. The molecule has 0 aliphatic heterocycles. The molecule has 0 aliphatic rings. The Morgan fingerprint density at radius 2 is 1.27 bits per heavy atom. The largest absolute Gasteiger partial charge is 0.494 e. The van der Waals surface area contributed by atoms with Crippen LogP contribution in [0.1, 0.15) is 56.3 Å². The predicted octanol–water partition coefficient (Wildman–Crippen LogP) is 5.65. The van der Waals surface area contributed by atoms with Crippen LogP contribution in [0.3, 0.4) is 0 Å². The van der Waals surface area contributed by atoms with Crippen molar-refractivity contribution in [2.24, 2.45) is 0 Å². The number of benzene rings is 2. The summed E-state index contributed by atoms with van der Waals surface area (Å²) in [7, 11) is 0. The maximum Gasteiger partial charge on any atom is 0.343 e. The lowest BCUT2D eigenvalue weighted by Crippen LogP contribution is -2.08. The van der Waals surface area contributed by atoms with Gasteiger partial charge in [0, 0.05) is 0 Å². The molecule has 0 aliphatic carbocycles. The van der Waals surface area contributed by atoms with Crippen LogP contribution in [0.4, 0.5) is 0 Å². The number of carbonyl (C=O) groups is 1. The number of ether oxygens (including phenoxy) is 3. The van der Waals surface area contributed by atoms with Crippen molar-refractivity contribution in [3.8, 4) is 17.2 Å². The number of esters is 1. The minimum absolute atomic E-state index is 0.387. The van der Waals surface area contributed by atoms with Crippen LogP contribution in [0.25, 0.3) is 0 Å². The predicted molar refractivity (Wildman–Crippen MR) is 103 cm³/mol. The number of hydrogen-bond donors (Lipinski definition) is 0. The van der Waals surface area contributed by atoms with Gasteiger partial charge in [-0.2, -0.15) is 0 Å². The van der Waals surface area contributed by atoms with Crippen molar-refractivity contribution in [2.75, 3.05) is 13.2 Å². The molecule has 0 saturated carbocycles. The highest BCUT2D eigenvalue weighted by molar-refractivity contribution is 5.91. The molecule has 0 radical (unpaired) electrons. The van der Waals surface area contributed by atoms with Gasteiger partial charge >= 0.3 is 5.97 Å². The van der Waals surface area contributed by atoms with Gasteiger partial charge < -0.3 is 14.2 Å². The number of carbonyl (C=O) groups excluding carboxylic acids is 1. The molecule has 0 heterocycles. The van der Waals surface area contributed by atoms with Crippen LogP contribution in [-0.4, -0.2) is 19.2 Å². The molecule has 2 rings (SSSR count). The second kappa shape index (κ2) is 11.2. The van der Waals surface area contributed by atoms with E-state index in [4.69, 9.17) is 14.2 Å². The first-order valence-electron chi connectivity index (χ1n) is 9.40. The molecule has 2 aromatic rings. The molecule has 0 amide bonds. The van der Waals surface area contributed by atoms with Gasteiger partial charge in [0.2, 0.25) is 0 Å². The number of unbranched alkanes of at least 4 members (excludes halogenated alkanes) is 3. The van der Waals surface area contributed by atoms with Gasteiger partial charge in [0.15, 0.2) is 0 Å². The minimum atomic E-state index is -0.387. The van der Waals surface area contributed by atoms with Crippen LogP contribution in [0.15, 0.2) is 48.5 Å². The fourth-order valence-electron chi connectivity index (χ4n) is 2.40. The van der Waals surface area contributed by atoms with E-state index in [2.05, 4.69) is 13.8 Å². The van der Waals surface area contributed by atoms with Crippen LogP contribution in [0.2, 0.25) is 0 Å². The van der Waals surface area contributed by atoms with E-state index in [0.717, 1.165) is 24.3 Å². The average Bonchev–Trinajstić information content (AvgIpc) is 2.68. The summed E-state index contributed by atoms with van der Waals surface area (Å²) < 4.78 is 16.6. The van der Waals surface area contributed by atoms with E-state index >= 15 is 0 Å². The van der Waals surface area contributed by atoms with Crippen molar-refractivity contribution in [2.45, 2.75) is 46.0 Å². The van der Waals surface area contributed by atoms with E-state index in [1.165, 1.54) is 19.3 Å². The van der Waals surface area contributed by atoms with E-state index in [-0.39, 0.29) is 5.97 Å². The molecule has 26 heavy (non-hydrogen) atoms. The van der Waals surface area contributed by atoms with E-state index < -0.39 is 0 Å². The highest BCUT2D eigenvalue weighted by Gasteiger charge is 2.09. The van der Waals surface area contributed by atoms with Crippen molar-refractivity contribution >= 4 is 5.97 Å². The fraction of sp³-hybridized carbons (Fsp3) is 0.409. The Kier molecular flexibility index (Phi) is 8.53. The van der Waals surface area contributed by atoms with Crippen LogP contribution in [0.5, 0.6) is 17.2 Å². The van der Waals surface area contributed by atoms with Gasteiger partial charge in [-0.05, 0) is 61.4 Å². The molecule has 0 N–H and O–H groups in total. The van der Waals surface area contributed by atoms with Crippen molar-refractivity contribution in [3.63, 3.8) is 0 Å². The summed E-state index contributed by atoms with van der Waals surface area (Å²) in [6.07, 6.45) is 5.64. The third-order valence-electron chi connectivity index (χ3n) is 3.86. The van der Waals surface area contributed by atoms with Crippen LogP contribution in [0, 0.1) is 0 Å². The molecule has 0 saturated heterocycles. The molecule has 4 heteroatoms. The highest BCUT2D eigenvalue weighted by atomic mass is 16.5. The zero-order valence-corrected chi connectivity index (χ0v) is 15.7. The molecule has 0 unspecified atom stereocenters. The van der Waals surface area contributed by atoms with E-state index in [1.807, 2.05) is 0 Å². The Balaban J connectivity index is 1.81. The number of rotatable bonds is 11. The Labute approximate surface area is 156 Å². The Bertz CT molecular complexity index is 647. The number of hydrogen-bond acceptors (Lipinski definition) is 4. The van der Waals surface area contributed by atoms with E-state index in [9.17, 15) is 4.79 Å². The van der Waals surface area contributed by atoms with Gasteiger partial charge in [0.25, 0.3) is 0 Å². The maximum absolute atomic E-state index is 12.2. The van der Waals surface area contributed by atoms with Gasteiger partial charge in [-0.1, -0.05) is 33.1 Å². The average molecular weight is 356 g/mol. The van der Waals surface area contributed by atoms with Gasteiger partial charge in [0.1, 0.15) is 17.2 Å². The van der Waals surface area contributed by atoms with Crippen molar-refractivity contribution < 1.29 is 19.0 Å². The molecule has 2 aromatic carbocycles. The third kappa shape index (κ3) is 6.79. The zero-order chi connectivity index (χ0) is 18.6. The summed E-state index contributed by atoms with van der Waals surface area (Å²) >= 11 is 0. The molecule has 0 spiro atoms. The fourth-order valence-corrected chi connectivity index (χ4v) is 2.40. The van der Waals surface area contributed by atoms with Crippen molar-refractivity contribution in [3.05, 3.63) is 54.1 Å². The zero-order valence-electron chi connectivity index (χ0n) is 15.7. The summed E-state index contributed by atoms with van der Waals surface area (Å²) in [5.41, 5.74) is 0.495. The Hall–Kier alpha value is -2.49. The monoisotopic (exact) mass is 356 g/mol. The second-order valence-corrected chi connectivity index (χ2v) is 6.14. The third-order valence-corrected chi connectivity index (χ3v) is 3.86. The van der Waals surface area contributed by atoms with Crippen LogP contribution < -0.4 is 14.2 Å². The first-order chi connectivity index (χ1) is 12.7. The molecule has 0 aromatic heterocycles. The van der Waals surface area contributed by atoms with E-state index in [0.29, 0.717) is 24.5 Å². The van der Waals surface area contributed by atoms with Crippen LogP contribution >= 0.6 is 0 Å². The second-order valence-electron chi connectivity index (χ2n) is 6.14. The summed E-state index contributed by atoms with van der Waals surface area (Å²) in [6, 6.07) is 14.1. The lowest BCUT2D eigenvalue weighted by atomic mass is 10.2. The summed E-state index contributed by atoms with van der Waals surface area (Å²) in [6.45, 7) is 5.62. The molecule has 0 fully saturated rings. The molecule has 140 valence electrons. The van der Waals surface area contributed by atoms with Gasteiger partial charge in [-0.3, -0.25) is 0 Å². The first kappa shape index (κ1) is 19.8. The molecular formula is C22H28O4. The molecular weight excluding hydrogens is 328 g/mol. The maximum atomic E-state index is 12.2. The van der Waals surface area contributed by atoms with E-state index in [1.54, 1.807) is 48.5 Å².